The van der Waals surface area contributed by atoms with Crippen LogP contribution in [0.5, 0.6) is 0 Å². The fraction of sp³-hybridized carbons (Fsp3) is 0.476. The van der Waals surface area contributed by atoms with Crippen molar-refractivity contribution in [2.75, 3.05) is 13.1 Å². The molecule has 28 heavy (non-hydrogen) atoms. The van der Waals surface area contributed by atoms with Crippen LogP contribution in [0.4, 0.5) is 4.39 Å². The molecule has 1 aromatic heterocycles. The lowest BCUT2D eigenvalue weighted by Crippen LogP contribution is -2.37. The predicted molar refractivity (Wildman–Crippen MR) is 102 cm³/mol. The second-order valence-corrected chi connectivity index (χ2v) is 7.50. The molecule has 0 atom stereocenters. The number of carbonyl (C=O) groups excluding carboxylic acids is 2. The quantitative estimate of drug-likeness (QED) is 0.881. The molecule has 1 saturated heterocycles. The number of carbonyl (C=O) groups is 2. The first kappa shape index (κ1) is 18.7. The molecule has 4 rings (SSSR count). The Labute approximate surface area is 163 Å². The minimum atomic E-state index is -0.306. The SMILES string of the molecule is O=C(NCc1ccc(F)cc1)c1nc(C(=O)N2CCCCC2)n2c1CCCC2. The van der Waals surface area contributed by atoms with Gasteiger partial charge in [0.2, 0.25) is 0 Å². The van der Waals surface area contributed by atoms with Crippen LogP contribution >= 0.6 is 0 Å². The molecule has 2 aromatic rings. The Hall–Kier alpha value is -2.70. The van der Waals surface area contributed by atoms with Gasteiger partial charge in [0.05, 0.1) is 5.69 Å². The molecule has 2 aliphatic rings. The van der Waals surface area contributed by atoms with Crippen LogP contribution in [0, 0.1) is 5.82 Å². The molecule has 0 radical (unpaired) electrons. The molecule has 1 aromatic carbocycles. The molecule has 6 nitrogen and oxygen atoms in total. The fourth-order valence-corrected chi connectivity index (χ4v) is 3.99. The van der Waals surface area contributed by atoms with Gasteiger partial charge in [0.25, 0.3) is 11.8 Å². The van der Waals surface area contributed by atoms with Gasteiger partial charge in [-0.1, -0.05) is 12.1 Å². The molecule has 0 unspecified atom stereocenters. The Morgan fingerprint density at radius 2 is 1.71 bits per heavy atom. The molecule has 148 valence electrons. The highest BCUT2D eigenvalue weighted by Gasteiger charge is 2.30. The van der Waals surface area contributed by atoms with Gasteiger partial charge < -0.3 is 14.8 Å². The topological polar surface area (TPSA) is 67.2 Å². The maximum absolute atomic E-state index is 13.0. The van der Waals surface area contributed by atoms with Gasteiger partial charge in [0, 0.05) is 26.2 Å². The number of imidazole rings is 1. The zero-order chi connectivity index (χ0) is 19.5. The molecule has 0 aliphatic carbocycles. The van der Waals surface area contributed by atoms with Crippen molar-refractivity contribution < 1.29 is 14.0 Å². The number of fused-ring (bicyclic) bond motifs is 1. The highest BCUT2D eigenvalue weighted by atomic mass is 19.1. The Morgan fingerprint density at radius 3 is 2.46 bits per heavy atom. The van der Waals surface area contributed by atoms with E-state index in [9.17, 15) is 14.0 Å². The van der Waals surface area contributed by atoms with E-state index in [-0.39, 0.29) is 17.6 Å². The smallest absolute Gasteiger partial charge is 0.289 e. The van der Waals surface area contributed by atoms with E-state index in [4.69, 9.17) is 0 Å². The van der Waals surface area contributed by atoms with Crippen molar-refractivity contribution in [2.45, 2.75) is 51.6 Å². The highest BCUT2D eigenvalue weighted by molar-refractivity contribution is 5.97. The van der Waals surface area contributed by atoms with E-state index in [1.54, 1.807) is 12.1 Å². The Morgan fingerprint density at radius 1 is 1.00 bits per heavy atom. The summed E-state index contributed by atoms with van der Waals surface area (Å²) in [5.74, 6) is -0.268. The van der Waals surface area contributed by atoms with E-state index < -0.39 is 0 Å². The molecule has 1 N–H and O–H groups in total. The van der Waals surface area contributed by atoms with Crippen LogP contribution in [0.2, 0.25) is 0 Å². The number of hydrogen-bond donors (Lipinski definition) is 1. The van der Waals surface area contributed by atoms with Crippen LogP contribution in [0.25, 0.3) is 0 Å². The standard InChI is InChI=1S/C21H25FN4O2/c22-16-9-7-15(8-10-16)14-23-20(27)18-17-6-2-5-13-26(17)19(24-18)21(28)25-11-3-1-4-12-25/h7-10H,1-6,11-14H2,(H,23,27). The molecule has 7 heteroatoms. The number of nitrogens with zero attached hydrogens (tertiary/aromatic N) is 3. The number of piperidine rings is 1. The van der Waals surface area contributed by atoms with Crippen LogP contribution in [-0.4, -0.2) is 39.4 Å². The van der Waals surface area contributed by atoms with Crippen molar-refractivity contribution in [1.82, 2.24) is 19.8 Å². The number of rotatable bonds is 4. The van der Waals surface area contributed by atoms with Gasteiger partial charge >= 0.3 is 0 Å². The number of hydrogen-bond acceptors (Lipinski definition) is 3. The van der Waals surface area contributed by atoms with Crippen LogP contribution in [-0.2, 0) is 19.5 Å². The summed E-state index contributed by atoms with van der Waals surface area (Å²) < 4.78 is 15.0. The summed E-state index contributed by atoms with van der Waals surface area (Å²) in [6, 6.07) is 6.03. The average molecular weight is 384 g/mol. The van der Waals surface area contributed by atoms with Gasteiger partial charge in [0.1, 0.15) is 11.5 Å². The van der Waals surface area contributed by atoms with Crippen molar-refractivity contribution in [2.24, 2.45) is 0 Å². The first-order valence-electron chi connectivity index (χ1n) is 10.0. The van der Waals surface area contributed by atoms with Crippen LogP contribution in [0.15, 0.2) is 24.3 Å². The Kier molecular flexibility index (Phi) is 5.41. The summed E-state index contributed by atoms with van der Waals surface area (Å²) in [5, 5.41) is 2.85. The zero-order valence-corrected chi connectivity index (χ0v) is 15.9. The van der Waals surface area contributed by atoms with Gasteiger partial charge in [0.15, 0.2) is 5.82 Å². The Balaban J connectivity index is 1.54. The van der Waals surface area contributed by atoms with E-state index in [2.05, 4.69) is 10.3 Å². The highest BCUT2D eigenvalue weighted by Crippen LogP contribution is 2.23. The van der Waals surface area contributed by atoms with Gasteiger partial charge in [-0.05, 0) is 56.2 Å². The number of benzene rings is 1. The first-order valence-corrected chi connectivity index (χ1v) is 10.0. The van der Waals surface area contributed by atoms with Crippen molar-refractivity contribution in [3.05, 3.63) is 52.9 Å². The van der Waals surface area contributed by atoms with E-state index in [1.807, 2.05) is 9.47 Å². The molecule has 2 amide bonds. The van der Waals surface area contributed by atoms with Gasteiger partial charge in [-0.15, -0.1) is 0 Å². The van der Waals surface area contributed by atoms with E-state index >= 15 is 0 Å². The molecule has 2 aliphatic heterocycles. The van der Waals surface area contributed by atoms with Gasteiger partial charge in [-0.3, -0.25) is 9.59 Å². The first-order chi connectivity index (χ1) is 13.6. The van der Waals surface area contributed by atoms with E-state index in [0.29, 0.717) is 18.1 Å². The summed E-state index contributed by atoms with van der Waals surface area (Å²) in [6.07, 6.45) is 5.91. The normalized spacial score (nSPS) is 16.5. The predicted octanol–water partition coefficient (Wildman–Crippen LogP) is 2.91. The summed E-state index contributed by atoms with van der Waals surface area (Å²) in [7, 11) is 0. The van der Waals surface area contributed by atoms with Crippen molar-refractivity contribution in [3.63, 3.8) is 0 Å². The maximum Gasteiger partial charge on any atom is 0.289 e. The van der Waals surface area contributed by atoms with Crippen molar-refractivity contribution in [1.29, 1.82) is 0 Å². The van der Waals surface area contributed by atoms with Crippen LogP contribution < -0.4 is 5.32 Å². The van der Waals surface area contributed by atoms with Crippen molar-refractivity contribution >= 4 is 11.8 Å². The summed E-state index contributed by atoms with van der Waals surface area (Å²) in [5.41, 5.74) is 2.01. The fourth-order valence-electron chi connectivity index (χ4n) is 3.99. The van der Waals surface area contributed by atoms with Crippen LogP contribution in [0.1, 0.15) is 64.5 Å². The third-order valence-electron chi connectivity index (χ3n) is 5.53. The average Bonchev–Trinajstić information content (AvgIpc) is 3.13. The monoisotopic (exact) mass is 384 g/mol. The number of likely N-dealkylation sites (tertiary alicyclic amines) is 1. The van der Waals surface area contributed by atoms with E-state index in [1.165, 1.54) is 12.1 Å². The van der Waals surface area contributed by atoms with Crippen LogP contribution in [0.3, 0.4) is 0 Å². The van der Waals surface area contributed by atoms with Gasteiger partial charge in [-0.2, -0.15) is 0 Å². The molecule has 0 bridgehead atoms. The minimum Gasteiger partial charge on any atom is -0.347 e. The zero-order valence-electron chi connectivity index (χ0n) is 15.9. The molecule has 0 saturated carbocycles. The second-order valence-electron chi connectivity index (χ2n) is 7.50. The third-order valence-corrected chi connectivity index (χ3v) is 5.53. The van der Waals surface area contributed by atoms with E-state index in [0.717, 1.165) is 69.4 Å². The Bertz CT molecular complexity index is 869. The maximum atomic E-state index is 13.0. The summed E-state index contributed by atoms with van der Waals surface area (Å²) in [6.45, 7) is 2.53. The second kappa shape index (κ2) is 8.12. The largest absolute Gasteiger partial charge is 0.347 e. The van der Waals surface area contributed by atoms with Crippen molar-refractivity contribution in [3.8, 4) is 0 Å². The number of amides is 2. The number of nitrogens with one attached hydrogen (secondary N) is 1. The lowest BCUT2D eigenvalue weighted by Gasteiger charge is -2.27. The molecule has 1 fully saturated rings. The molecule has 0 spiro atoms. The molecular weight excluding hydrogens is 359 g/mol. The third kappa shape index (κ3) is 3.79. The summed E-state index contributed by atoms with van der Waals surface area (Å²) >= 11 is 0. The molecular formula is C21H25FN4O2. The number of aromatic nitrogens is 2. The molecule has 3 heterocycles. The van der Waals surface area contributed by atoms with Gasteiger partial charge in [-0.25, -0.2) is 9.37 Å². The minimum absolute atomic E-state index is 0.0690. The summed E-state index contributed by atoms with van der Waals surface area (Å²) in [4.78, 5) is 32.1. The lowest BCUT2D eigenvalue weighted by molar-refractivity contribution is 0.0705. The number of halogens is 1. The lowest BCUT2D eigenvalue weighted by atomic mass is 10.1.